The number of benzene rings is 2. The average molecular weight is 500 g/mol. The Balaban J connectivity index is 1.60. The third-order valence-electron chi connectivity index (χ3n) is 4.74. The van der Waals surface area contributed by atoms with Crippen molar-refractivity contribution in [3.8, 4) is 0 Å². The molecule has 182 valence electrons. The van der Waals surface area contributed by atoms with Crippen molar-refractivity contribution >= 4 is 40.6 Å². The highest BCUT2D eigenvalue weighted by Gasteiger charge is 2.24. The second-order valence-electron chi connectivity index (χ2n) is 7.65. The summed E-state index contributed by atoms with van der Waals surface area (Å²) in [5.74, 6) is -0.582. The lowest BCUT2D eigenvalue weighted by Gasteiger charge is -2.19. The van der Waals surface area contributed by atoms with Crippen molar-refractivity contribution in [3.05, 3.63) is 80.1 Å². The van der Waals surface area contributed by atoms with Gasteiger partial charge in [-0.05, 0) is 24.1 Å². The summed E-state index contributed by atoms with van der Waals surface area (Å²) >= 11 is 1.06. The molecule has 0 saturated heterocycles. The molecular formula is C21H21N7O6S. The normalized spacial score (nSPS) is 11.6. The first-order chi connectivity index (χ1) is 16.6. The third kappa shape index (κ3) is 6.83. The highest BCUT2D eigenvalue weighted by atomic mass is 32.2. The van der Waals surface area contributed by atoms with Gasteiger partial charge in [0, 0.05) is 35.5 Å². The summed E-state index contributed by atoms with van der Waals surface area (Å²) in [6.45, 7) is 3.73. The molecule has 0 fully saturated rings. The first-order valence-electron chi connectivity index (χ1n) is 10.3. The lowest BCUT2D eigenvalue weighted by atomic mass is 10.0. The molecule has 3 aromatic rings. The molecule has 0 unspecified atom stereocenters. The van der Waals surface area contributed by atoms with Crippen LogP contribution in [-0.4, -0.2) is 42.6 Å². The summed E-state index contributed by atoms with van der Waals surface area (Å²) in [5, 5.41) is 34.2. The molecule has 14 heteroatoms. The molecule has 3 N–H and O–H groups in total. The molecule has 0 radical (unpaired) electrons. The van der Waals surface area contributed by atoms with Crippen molar-refractivity contribution < 1.29 is 19.4 Å². The zero-order valence-electron chi connectivity index (χ0n) is 18.6. The number of thioether (sulfide) groups is 1. The van der Waals surface area contributed by atoms with Crippen LogP contribution in [0.2, 0.25) is 0 Å². The molecule has 35 heavy (non-hydrogen) atoms. The van der Waals surface area contributed by atoms with Crippen LogP contribution in [0.3, 0.4) is 0 Å². The minimum Gasteiger partial charge on any atom is -0.342 e. The van der Waals surface area contributed by atoms with Crippen molar-refractivity contribution in [2.75, 3.05) is 11.1 Å². The Bertz CT molecular complexity index is 1240. The van der Waals surface area contributed by atoms with Gasteiger partial charge in [-0.3, -0.25) is 34.9 Å². The molecule has 1 heterocycles. The molecule has 1 atom stereocenters. The molecule has 13 nitrogen and oxygen atoms in total. The van der Waals surface area contributed by atoms with Gasteiger partial charge in [0.25, 0.3) is 17.3 Å². The van der Waals surface area contributed by atoms with E-state index in [0.29, 0.717) is 11.5 Å². The molecule has 0 bridgehead atoms. The second kappa shape index (κ2) is 11.2. The van der Waals surface area contributed by atoms with Gasteiger partial charge < -0.3 is 10.6 Å². The molecule has 1 aromatic heterocycles. The molecule has 3 rings (SSSR count). The Morgan fingerprint density at radius 2 is 1.74 bits per heavy atom. The number of hydrogen-bond donors (Lipinski definition) is 3. The monoisotopic (exact) mass is 499 g/mol. The first kappa shape index (κ1) is 25.3. The van der Waals surface area contributed by atoms with E-state index in [1.165, 1.54) is 48.5 Å². The third-order valence-corrected chi connectivity index (χ3v) is 5.59. The van der Waals surface area contributed by atoms with E-state index in [2.05, 4.69) is 25.8 Å². The van der Waals surface area contributed by atoms with E-state index in [4.69, 9.17) is 0 Å². The Kier molecular flexibility index (Phi) is 8.09. The van der Waals surface area contributed by atoms with Gasteiger partial charge in [-0.1, -0.05) is 31.7 Å². The van der Waals surface area contributed by atoms with Gasteiger partial charge in [-0.15, -0.1) is 5.10 Å². The fourth-order valence-corrected chi connectivity index (χ4v) is 3.60. The van der Waals surface area contributed by atoms with Gasteiger partial charge in [0.15, 0.2) is 0 Å². The van der Waals surface area contributed by atoms with Crippen molar-refractivity contribution in [3.63, 3.8) is 0 Å². The largest absolute Gasteiger partial charge is 0.342 e. The number of hydrogen-bond acceptors (Lipinski definition) is 9. The van der Waals surface area contributed by atoms with Crippen molar-refractivity contribution in [2.24, 2.45) is 5.92 Å². The molecule has 0 spiro atoms. The molecule has 2 amide bonds. The van der Waals surface area contributed by atoms with E-state index >= 15 is 0 Å². The number of H-pyrrole nitrogens is 1. The number of aromatic nitrogens is 3. The van der Waals surface area contributed by atoms with Crippen molar-refractivity contribution in [1.29, 1.82) is 0 Å². The van der Waals surface area contributed by atoms with Crippen LogP contribution in [0.1, 0.15) is 36.1 Å². The summed E-state index contributed by atoms with van der Waals surface area (Å²) in [6, 6.07) is 10.3. The van der Waals surface area contributed by atoms with Crippen LogP contribution in [-0.2, 0) is 4.79 Å². The summed E-state index contributed by atoms with van der Waals surface area (Å²) in [6.07, 6.45) is 0. The predicted octanol–water partition coefficient (Wildman–Crippen LogP) is 3.48. The first-order valence-corrected chi connectivity index (χ1v) is 11.3. The van der Waals surface area contributed by atoms with Gasteiger partial charge in [0.2, 0.25) is 11.1 Å². The lowest BCUT2D eigenvalue weighted by Crippen LogP contribution is -2.32. The fraction of sp³-hybridized carbons (Fsp3) is 0.238. The predicted molar refractivity (Wildman–Crippen MR) is 127 cm³/mol. The number of non-ortho nitro benzene ring substituents is 2. The average Bonchev–Trinajstić information content (AvgIpc) is 3.30. The van der Waals surface area contributed by atoms with Gasteiger partial charge in [-0.2, -0.15) is 0 Å². The number of rotatable bonds is 10. The molecule has 0 aliphatic rings. The van der Waals surface area contributed by atoms with Crippen LogP contribution in [0.5, 0.6) is 0 Å². The van der Waals surface area contributed by atoms with E-state index in [9.17, 15) is 29.8 Å². The minimum atomic E-state index is -0.575. The Hall–Kier alpha value is -4.33. The Labute approximate surface area is 203 Å². The summed E-state index contributed by atoms with van der Waals surface area (Å²) in [7, 11) is 0. The number of nitrogens with zero attached hydrogens (tertiary/aromatic N) is 4. The molecular weight excluding hydrogens is 478 g/mol. The van der Waals surface area contributed by atoms with Crippen LogP contribution in [0.4, 0.5) is 17.1 Å². The number of nitrogens with one attached hydrogen (secondary N) is 3. The van der Waals surface area contributed by atoms with Crippen molar-refractivity contribution in [1.82, 2.24) is 20.5 Å². The molecule has 0 aliphatic heterocycles. The zero-order valence-corrected chi connectivity index (χ0v) is 19.4. The van der Waals surface area contributed by atoms with Crippen LogP contribution < -0.4 is 10.6 Å². The standard InChI is InChI=1S/C21H21N7O6S/c1-12(2)18(23-20(30)13-4-3-5-16(10-13)28(33)34)19-24-21(26-25-19)35-11-17(29)22-14-6-8-15(9-7-14)27(31)32/h3-10,12,18H,11H2,1-2H3,(H,22,29)(H,23,30)(H,24,25,26)/t18-/m1/s1. The maximum atomic E-state index is 12.7. The molecule has 0 aliphatic carbocycles. The van der Waals surface area contributed by atoms with E-state index in [-0.39, 0.29) is 39.7 Å². The highest BCUT2D eigenvalue weighted by molar-refractivity contribution is 7.99. The number of carbonyl (C=O) groups is 2. The number of carbonyl (C=O) groups excluding carboxylic acids is 2. The van der Waals surface area contributed by atoms with E-state index < -0.39 is 21.8 Å². The Morgan fingerprint density at radius 1 is 1.06 bits per heavy atom. The minimum absolute atomic E-state index is 0.0132. The summed E-state index contributed by atoms with van der Waals surface area (Å²) in [4.78, 5) is 49.8. The van der Waals surface area contributed by atoms with Crippen LogP contribution in [0.15, 0.2) is 53.7 Å². The lowest BCUT2D eigenvalue weighted by molar-refractivity contribution is -0.385. The summed E-state index contributed by atoms with van der Waals surface area (Å²) in [5.41, 5.74) is 0.287. The smallest absolute Gasteiger partial charge is 0.270 e. The fourth-order valence-electron chi connectivity index (χ4n) is 2.99. The summed E-state index contributed by atoms with van der Waals surface area (Å²) < 4.78 is 0. The topological polar surface area (TPSA) is 186 Å². The Morgan fingerprint density at radius 3 is 2.37 bits per heavy atom. The SMILES string of the molecule is CC(C)[C@@H](NC(=O)c1cccc([N+](=O)[O-])c1)c1nc(SCC(=O)Nc2ccc([N+](=O)[O-])cc2)n[nH]1. The number of nitro benzene ring substituents is 2. The van der Waals surface area contributed by atoms with E-state index in [1.54, 1.807) is 0 Å². The van der Waals surface area contributed by atoms with Gasteiger partial charge in [0.05, 0.1) is 21.6 Å². The van der Waals surface area contributed by atoms with Gasteiger partial charge in [-0.25, -0.2) is 4.98 Å². The maximum Gasteiger partial charge on any atom is 0.270 e. The van der Waals surface area contributed by atoms with Gasteiger partial charge in [0.1, 0.15) is 5.82 Å². The quantitative estimate of drug-likeness (QED) is 0.213. The second-order valence-corrected chi connectivity index (χ2v) is 8.59. The van der Waals surface area contributed by atoms with E-state index in [0.717, 1.165) is 11.8 Å². The van der Waals surface area contributed by atoms with Crippen LogP contribution in [0, 0.1) is 26.1 Å². The van der Waals surface area contributed by atoms with Crippen molar-refractivity contribution in [2.45, 2.75) is 25.0 Å². The maximum absolute atomic E-state index is 12.7. The van der Waals surface area contributed by atoms with Crippen LogP contribution in [0.25, 0.3) is 0 Å². The number of aromatic amines is 1. The molecule has 0 saturated carbocycles. The highest BCUT2D eigenvalue weighted by Crippen LogP contribution is 2.23. The number of anilines is 1. The number of nitro groups is 2. The van der Waals surface area contributed by atoms with Crippen LogP contribution >= 0.6 is 11.8 Å². The van der Waals surface area contributed by atoms with Gasteiger partial charge >= 0.3 is 0 Å². The zero-order chi connectivity index (χ0) is 25.5. The van der Waals surface area contributed by atoms with E-state index in [1.807, 2.05) is 13.8 Å². The molecule has 2 aromatic carbocycles. The number of amides is 2.